The Labute approximate surface area is 182 Å². The number of aryl methyl sites for hydroxylation is 1. The molecule has 0 saturated carbocycles. The van der Waals surface area contributed by atoms with E-state index in [9.17, 15) is 10.1 Å². The zero-order valence-electron chi connectivity index (χ0n) is 18.6. The van der Waals surface area contributed by atoms with Gasteiger partial charge in [0.05, 0.1) is 28.2 Å². The molecular weight excluding hydrogens is 394 g/mol. The van der Waals surface area contributed by atoms with E-state index in [0.29, 0.717) is 18.2 Å². The average Bonchev–Trinajstić information content (AvgIpc) is 3.32. The Kier molecular flexibility index (Phi) is 5.29. The van der Waals surface area contributed by atoms with Crippen molar-refractivity contribution in [3.63, 3.8) is 0 Å². The van der Waals surface area contributed by atoms with Gasteiger partial charge in [0.1, 0.15) is 22.7 Å². The Hall–Kier alpha value is -2.14. The normalized spacial score (nSPS) is 24.3. The van der Waals surface area contributed by atoms with Gasteiger partial charge in [0.2, 0.25) is 0 Å². The fraction of sp³-hybridized carbons (Fsp3) is 0.565. The van der Waals surface area contributed by atoms with Crippen LogP contribution in [0.3, 0.4) is 0 Å². The van der Waals surface area contributed by atoms with Gasteiger partial charge in [-0.05, 0) is 45.4 Å². The predicted octanol–water partition coefficient (Wildman–Crippen LogP) is 1.45. The number of nitriles is 1. The molecule has 1 saturated heterocycles. The third-order valence-corrected chi connectivity index (χ3v) is 8.04. The third-order valence-electron chi connectivity index (χ3n) is 6.55. The smallest absolute Gasteiger partial charge is 0.280 e. The molecule has 2 aliphatic heterocycles. The molecule has 2 aromatic heterocycles. The summed E-state index contributed by atoms with van der Waals surface area (Å²) in [6.45, 7) is 10.3. The van der Waals surface area contributed by atoms with Crippen LogP contribution in [0.4, 0.5) is 5.00 Å². The number of hydrogen-bond acceptors (Lipinski definition) is 3. The van der Waals surface area contributed by atoms with Crippen LogP contribution in [0, 0.1) is 11.3 Å². The van der Waals surface area contributed by atoms with Crippen LogP contribution in [-0.2, 0) is 23.8 Å². The fourth-order valence-corrected chi connectivity index (χ4v) is 6.86. The van der Waals surface area contributed by atoms with Gasteiger partial charge in [-0.1, -0.05) is 0 Å². The number of likely N-dealkylation sites (tertiary alicyclic amines) is 1. The molecule has 1 fully saturated rings. The number of carbonyl (C=O) groups excluding carboxylic acids is 1. The molecule has 30 heavy (non-hydrogen) atoms. The number of nitrogens with two attached hydrogens (primary N) is 1. The first-order valence-electron chi connectivity index (χ1n) is 10.8. The summed E-state index contributed by atoms with van der Waals surface area (Å²) in [5.41, 5.74) is 3.00. The predicted molar refractivity (Wildman–Crippen MR) is 118 cm³/mol. The number of aromatic nitrogens is 1. The molecule has 0 spiro atoms. The van der Waals surface area contributed by atoms with Gasteiger partial charge in [-0.15, -0.1) is 11.3 Å². The molecule has 0 aromatic carbocycles. The van der Waals surface area contributed by atoms with E-state index in [0.717, 1.165) is 36.4 Å². The first-order valence-corrected chi connectivity index (χ1v) is 11.6. The van der Waals surface area contributed by atoms with E-state index in [2.05, 4.69) is 74.3 Å². The molecule has 1 amide bonds. The summed E-state index contributed by atoms with van der Waals surface area (Å²) in [4.78, 5) is 15.5. The number of amides is 1. The molecule has 2 aliphatic rings. The number of quaternary nitrogens is 2. The number of thiophene rings is 1. The molecule has 160 valence electrons. The van der Waals surface area contributed by atoms with Crippen molar-refractivity contribution in [1.29, 1.82) is 5.26 Å². The summed E-state index contributed by atoms with van der Waals surface area (Å²) in [5.74, 6) is 0.00209. The highest BCUT2D eigenvalue weighted by Crippen LogP contribution is 2.41. The van der Waals surface area contributed by atoms with Crippen molar-refractivity contribution >= 4 is 22.2 Å². The Morgan fingerprint density at radius 2 is 2.20 bits per heavy atom. The Bertz CT molecular complexity index is 1010. The van der Waals surface area contributed by atoms with Gasteiger partial charge in [0.25, 0.3) is 5.91 Å². The number of anilines is 1. The summed E-state index contributed by atoms with van der Waals surface area (Å²) >= 11 is 1.58. The van der Waals surface area contributed by atoms with Crippen LogP contribution >= 0.6 is 11.3 Å². The summed E-state index contributed by atoms with van der Waals surface area (Å²) in [6.07, 6.45) is 5.15. The van der Waals surface area contributed by atoms with Crippen molar-refractivity contribution in [3.05, 3.63) is 40.0 Å². The first-order chi connectivity index (χ1) is 14.1. The number of nitrogens with zero attached hydrogens (tertiary/aromatic N) is 2. The summed E-state index contributed by atoms with van der Waals surface area (Å²) < 4.78 is 2.16. The largest absolute Gasteiger partial charge is 0.350 e. The number of carbonyl (C=O) groups is 1. The molecule has 2 aromatic rings. The zero-order chi connectivity index (χ0) is 21.7. The number of hydrogen-bond donors (Lipinski definition) is 3. The SMILES string of the molecule is Cn1cccc1[C@@H]1CCC[NH+]1CC(=O)Nc1sc2c(c1C#N)CC(C)(C)[NH2+]C2(C)C. The maximum absolute atomic E-state index is 13.0. The van der Waals surface area contributed by atoms with Crippen LogP contribution < -0.4 is 15.5 Å². The van der Waals surface area contributed by atoms with Gasteiger partial charge in [-0.25, -0.2) is 0 Å². The van der Waals surface area contributed by atoms with Crippen LogP contribution in [0.25, 0.3) is 0 Å². The lowest BCUT2D eigenvalue weighted by Crippen LogP contribution is -3.11. The highest BCUT2D eigenvalue weighted by molar-refractivity contribution is 7.16. The maximum Gasteiger partial charge on any atom is 0.280 e. The summed E-state index contributed by atoms with van der Waals surface area (Å²) in [7, 11) is 2.07. The van der Waals surface area contributed by atoms with Gasteiger partial charge in [-0.3, -0.25) is 4.79 Å². The van der Waals surface area contributed by atoms with Crippen molar-refractivity contribution < 1.29 is 15.0 Å². The maximum atomic E-state index is 13.0. The minimum atomic E-state index is -0.103. The molecule has 2 atom stereocenters. The molecule has 0 bridgehead atoms. The number of rotatable bonds is 4. The van der Waals surface area contributed by atoms with Gasteiger partial charge < -0.3 is 20.1 Å². The van der Waals surface area contributed by atoms with Crippen molar-refractivity contribution in [2.75, 3.05) is 18.4 Å². The van der Waals surface area contributed by atoms with E-state index in [1.54, 1.807) is 11.3 Å². The van der Waals surface area contributed by atoms with Crippen LogP contribution in [0.2, 0.25) is 0 Å². The van der Waals surface area contributed by atoms with E-state index in [1.807, 2.05) is 0 Å². The van der Waals surface area contributed by atoms with Gasteiger partial charge in [-0.2, -0.15) is 5.26 Å². The zero-order valence-corrected chi connectivity index (χ0v) is 19.4. The van der Waals surface area contributed by atoms with E-state index in [1.165, 1.54) is 15.5 Å². The van der Waals surface area contributed by atoms with E-state index >= 15 is 0 Å². The highest BCUT2D eigenvalue weighted by atomic mass is 32.1. The lowest BCUT2D eigenvalue weighted by molar-refractivity contribution is -0.910. The second-order valence-electron chi connectivity index (χ2n) is 10.1. The molecule has 6 nitrogen and oxygen atoms in total. The number of fused-ring (bicyclic) bond motifs is 1. The van der Waals surface area contributed by atoms with Gasteiger partial charge in [0, 0.05) is 32.5 Å². The van der Waals surface area contributed by atoms with Crippen molar-refractivity contribution in [1.82, 2.24) is 4.57 Å². The quantitative estimate of drug-likeness (QED) is 0.691. The fourth-order valence-electron chi connectivity index (χ4n) is 5.60. The minimum Gasteiger partial charge on any atom is -0.350 e. The summed E-state index contributed by atoms with van der Waals surface area (Å²) in [6, 6.07) is 6.98. The topological polar surface area (TPSA) is 78.9 Å². The van der Waals surface area contributed by atoms with E-state index < -0.39 is 0 Å². The molecular formula is C23H33N5OS+2. The van der Waals surface area contributed by atoms with Crippen molar-refractivity contribution in [2.45, 2.75) is 64.1 Å². The average molecular weight is 428 g/mol. The molecule has 7 heteroatoms. The standard InChI is InChI=1S/C23H31N5OS/c1-22(2)12-15-16(13-24)21(30-20(15)23(3,4)26-22)25-19(29)14-28-11-7-9-18(28)17-8-6-10-27(17)5/h6,8,10,18,26H,7,9,11-12,14H2,1-5H3,(H,25,29)/p+2/t18-/m0/s1. The minimum absolute atomic E-state index is 0.00209. The molecule has 0 aliphatic carbocycles. The Morgan fingerprint density at radius 3 is 2.87 bits per heavy atom. The first kappa shape index (κ1) is 21.1. The third kappa shape index (κ3) is 3.80. The van der Waals surface area contributed by atoms with E-state index in [-0.39, 0.29) is 17.0 Å². The highest BCUT2D eigenvalue weighted by Gasteiger charge is 2.44. The van der Waals surface area contributed by atoms with Crippen molar-refractivity contribution in [3.8, 4) is 6.07 Å². The number of nitrogens with one attached hydrogen (secondary N) is 2. The van der Waals surface area contributed by atoms with Crippen molar-refractivity contribution in [2.24, 2.45) is 7.05 Å². The molecule has 1 unspecified atom stereocenters. The van der Waals surface area contributed by atoms with Gasteiger partial charge in [0.15, 0.2) is 6.54 Å². The second-order valence-corrected chi connectivity index (χ2v) is 11.1. The Morgan fingerprint density at radius 1 is 1.43 bits per heavy atom. The van der Waals surface area contributed by atoms with E-state index in [4.69, 9.17) is 0 Å². The molecule has 4 rings (SSSR count). The van der Waals surface area contributed by atoms with Crippen LogP contribution in [0.15, 0.2) is 18.3 Å². The monoisotopic (exact) mass is 427 g/mol. The van der Waals surface area contributed by atoms with Crippen LogP contribution in [0.5, 0.6) is 0 Å². The van der Waals surface area contributed by atoms with Crippen LogP contribution in [-0.4, -0.2) is 29.1 Å². The second kappa shape index (κ2) is 7.52. The molecule has 4 heterocycles. The lowest BCUT2D eigenvalue weighted by Gasteiger charge is -2.38. The van der Waals surface area contributed by atoms with Crippen LogP contribution in [0.1, 0.15) is 68.3 Å². The molecule has 0 radical (unpaired) electrons. The lowest BCUT2D eigenvalue weighted by atomic mass is 9.81. The van der Waals surface area contributed by atoms with Gasteiger partial charge >= 0.3 is 0 Å². The molecule has 4 N–H and O–H groups in total. The Balaban J connectivity index is 1.54. The summed E-state index contributed by atoms with van der Waals surface area (Å²) in [5, 5.41) is 16.1.